The maximum atomic E-state index is 13.3. The van der Waals surface area contributed by atoms with Gasteiger partial charge in [0.1, 0.15) is 11.5 Å². The normalized spacial score (nSPS) is 15.4. The van der Waals surface area contributed by atoms with Crippen molar-refractivity contribution in [3.63, 3.8) is 0 Å². The fraction of sp³-hybridized carbons (Fsp3) is 0.259. The number of esters is 2. The summed E-state index contributed by atoms with van der Waals surface area (Å²) in [7, 11) is 5.87. The van der Waals surface area contributed by atoms with E-state index in [1.165, 1.54) is 19.1 Å². The second-order valence-corrected chi connectivity index (χ2v) is 8.64. The number of hydrogen-bond acceptors (Lipinski definition) is 9. The second kappa shape index (κ2) is 11.4. The van der Waals surface area contributed by atoms with Crippen molar-refractivity contribution in [1.29, 1.82) is 5.26 Å². The monoisotopic (exact) mass is 503 g/mol. The number of anilines is 2. The average molecular weight is 504 g/mol. The zero-order valence-corrected chi connectivity index (χ0v) is 21.4. The van der Waals surface area contributed by atoms with Gasteiger partial charge < -0.3 is 25.4 Å². The highest BCUT2D eigenvalue weighted by Gasteiger charge is 2.43. The Kier molecular flexibility index (Phi) is 8.32. The molecular formula is C27H29N5O5. The van der Waals surface area contributed by atoms with Crippen LogP contribution in [0.1, 0.15) is 17.0 Å². The molecule has 192 valence electrons. The molecule has 1 amide bonds. The Hall–Kier alpha value is -4.62. The Labute approximate surface area is 215 Å². The summed E-state index contributed by atoms with van der Waals surface area (Å²) in [5, 5.41) is 13.0. The van der Waals surface area contributed by atoms with Gasteiger partial charge in [-0.25, -0.2) is 9.59 Å². The number of likely N-dealkylation sites (N-methyl/N-ethyl adjacent to an activating group) is 1. The number of hydrogen-bond donors (Lipinski definition) is 2. The third-order valence-electron chi connectivity index (χ3n) is 5.74. The molecule has 2 aromatic rings. The third kappa shape index (κ3) is 5.47. The number of carbonyl (C=O) groups is 3. The van der Waals surface area contributed by atoms with Crippen LogP contribution in [-0.2, 0) is 23.9 Å². The van der Waals surface area contributed by atoms with E-state index in [0.717, 1.165) is 5.56 Å². The van der Waals surface area contributed by atoms with E-state index < -0.39 is 17.9 Å². The summed E-state index contributed by atoms with van der Waals surface area (Å²) in [4.78, 5) is 42.1. The van der Waals surface area contributed by atoms with Crippen molar-refractivity contribution < 1.29 is 23.9 Å². The van der Waals surface area contributed by atoms with Crippen LogP contribution in [0.4, 0.5) is 11.4 Å². The molecule has 1 aliphatic heterocycles. The molecule has 0 fully saturated rings. The number of ether oxygens (including phenoxy) is 2. The molecule has 0 radical (unpaired) electrons. The van der Waals surface area contributed by atoms with E-state index in [4.69, 9.17) is 15.2 Å². The van der Waals surface area contributed by atoms with Crippen LogP contribution in [0.15, 0.2) is 71.2 Å². The van der Waals surface area contributed by atoms with Crippen LogP contribution in [0.2, 0.25) is 0 Å². The molecule has 10 nitrogen and oxygen atoms in total. The summed E-state index contributed by atoms with van der Waals surface area (Å²) < 4.78 is 10.1. The number of aryl methyl sites for hydroxylation is 1. The highest BCUT2D eigenvalue weighted by Crippen LogP contribution is 2.44. The van der Waals surface area contributed by atoms with Gasteiger partial charge in [0.05, 0.1) is 55.3 Å². The number of carbonyl (C=O) groups excluding carboxylic acids is 3. The molecule has 1 unspecified atom stereocenters. The fourth-order valence-corrected chi connectivity index (χ4v) is 4.17. The standard InChI is InChI=1S/C27H29N5O5/c1-16-11-12-19(30-21(33)15-31(2)3)20(13-16)32-24(27(35)37-5)23(26(34)36-4)22(18(14-28)25(32)29)17-9-7-6-8-10-17/h6-13,22H,15,29H2,1-5H3,(H,30,33). The van der Waals surface area contributed by atoms with Gasteiger partial charge >= 0.3 is 11.9 Å². The summed E-state index contributed by atoms with van der Waals surface area (Å²) in [6.45, 7) is 1.92. The van der Waals surface area contributed by atoms with Crippen molar-refractivity contribution in [3.8, 4) is 6.07 Å². The first kappa shape index (κ1) is 27.0. The molecule has 0 saturated heterocycles. The summed E-state index contributed by atoms with van der Waals surface area (Å²) >= 11 is 0. The second-order valence-electron chi connectivity index (χ2n) is 8.64. The van der Waals surface area contributed by atoms with Crippen molar-refractivity contribution in [2.45, 2.75) is 12.8 Å². The zero-order valence-electron chi connectivity index (χ0n) is 21.4. The van der Waals surface area contributed by atoms with E-state index >= 15 is 0 Å². The summed E-state index contributed by atoms with van der Waals surface area (Å²) in [5.41, 5.74) is 8.23. The van der Waals surface area contributed by atoms with Crippen LogP contribution in [0.3, 0.4) is 0 Å². The number of benzene rings is 2. The minimum Gasteiger partial charge on any atom is -0.466 e. The van der Waals surface area contributed by atoms with Crippen LogP contribution >= 0.6 is 0 Å². The first-order valence-electron chi connectivity index (χ1n) is 11.3. The van der Waals surface area contributed by atoms with Gasteiger partial charge in [0, 0.05) is 0 Å². The molecule has 1 aliphatic rings. The van der Waals surface area contributed by atoms with Gasteiger partial charge in [-0.15, -0.1) is 0 Å². The molecule has 0 bridgehead atoms. The van der Waals surface area contributed by atoms with E-state index in [-0.39, 0.29) is 40.8 Å². The zero-order chi connectivity index (χ0) is 27.3. The third-order valence-corrected chi connectivity index (χ3v) is 5.74. The largest absolute Gasteiger partial charge is 0.466 e. The Morgan fingerprint density at radius 3 is 2.30 bits per heavy atom. The number of nitrogens with two attached hydrogens (primary N) is 1. The number of methoxy groups -OCH3 is 2. The van der Waals surface area contributed by atoms with Crippen molar-refractivity contribution in [2.75, 3.05) is 45.1 Å². The van der Waals surface area contributed by atoms with Gasteiger partial charge in [-0.1, -0.05) is 36.4 Å². The van der Waals surface area contributed by atoms with Gasteiger partial charge in [-0.3, -0.25) is 9.69 Å². The van der Waals surface area contributed by atoms with E-state index in [2.05, 4.69) is 11.4 Å². The van der Waals surface area contributed by atoms with Gasteiger partial charge in [-0.2, -0.15) is 5.26 Å². The molecule has 3 rings (SSSR count). The first-order chi connectivity index (χ1) is 17.6. The number of amides is 1. The molecule has 3 N–H and O–H groups in total. The molecule has 1 atom stereocenters. The van der Waals surface area contributed by atoms with E-state index in [1.807, 2.05) is 6.92 Å². The van der Waals surface area contributed by atoms with E-state index in [9.17, 15) is 19.6 Å². The Bertz CT molecular complexity index is 1320. The number of rotatable bonds is 7. The molecular weight excluding hydrogens is 474 g/mol. The minimum atomic E-state index is -0.986. The fourth-order valence-electron chi connectivity index (χ4n) is 4.17. The smallest absolute Gasteiger partial charge is 0.355 e. The van der Waals surface area contributed by atoms with Gasteiger partial charge in [0.25, 0.3) is 0 Å². The van der Waals surface area contributed by atoms with Gasteiger partial charge in [0.2, 0.25) is 5.91 Å². The predicted octanol–water partition coefficient (Wildman–Crippen LogP) is 2.39. The summed E-state index contributed by atoms with van der Waals surface area (Å²) in [6.07, 6.45) is 0. The van der Waals surface area contributed by atoms with Crippen molar-refractivity contribution in [1.82, 2.24) is 4.90 Å². The molecule has 1 heterocycles. The van der Waals surface area contributed by atoms with Gasteiger partial charge in [0.15, 0.2) is 0 Å². The highest BCUT2D eigenvalue weighted by molar-refractivity contribution is 6.07. The van der Waals surface area contributed by atoms with Crippen LogP contribution in [-0.4, -0.2) is 57.6 Å². The van der Waals surface area contributed by atoms with Crippen molar-refractivity contribution >= 4 is 29.2 Å². The average Bonchev–Trinajstić information content (AvgIpc) is 2.88. The molecule has 2 aromatic carbocycles. The SMILES string of the molecule is COC(=O)C1=C(C(=O)OC)N(c2cc(C)ccc2NC(=O)CN(C)C)C(N)=C(C#N)C1c1ccccc1. The molecule has 10 heteroatoms. The maximum absolute atomic E-state index is 13.3. The minimum absolute atomic E-state index is 0.0336. The highest BCUT2D eigenvalue weighted by atomic mass is 16.5. The van der Waals surface area contributed by atoms with Gasteiger partial charge in [-0.05, 0) is 44.3 Å². The Morgan fingerprint density at radius 1 is 1.08 bits per heavy atom. The van der Waals surface area contributed by atoms with Crippen LogP contribution < -0.4 is 16.0 Å². The molecule has 0 spiro atoms. The lowest BCUT2D eigenvalue weighted by Crippen LogP contribution is -2.41. The van der Waals surface area contributed by atoms with Crippen LogP contribution in [0.25, 0.3) is 0 Å². The Morgan fingerprint density at radius 2 is 1.73 bits per heavy atom. The first-order valence-corrected chi connectivity index (χ1v) is 11.3. The molecule has 0 aromatic heterocycles. The Balaban J connectivity index is 2.38. The topological polar surface area (TPSA) is 138 Å². The molecule has 0 saturated carbocycles. The molecule has 0 aliphatic carbocycles. The van der Waals surface area contributed by atoms with Crippen LogP contribution in [0, 0.1) is 18.3 Å². The number of allylic oxidation sites excluding steroid dienone is 1. The van der Waals surface area contributed by atoms with Crippen molar-refractivity contribution in [3.05, 3.63) is 82.3 Å². The van der Waals surface area contributed by atoms with Crippen LogP contribution in [0.5, 0.6) is 0 Å². The maximum Gasteiger partial charge on any atom is 0.355 e. The van der Waals surface area contributed by atoms with Crippen molar-refractivity contribution in [2.24, 2.45) is 5.73 Å². The lowest BCUT2D eigenvalue weighted by Gasteiger charge is -2.36. The summed E-state index contributed by atoms with van der Waals surface area (Å²) in [6, 6.07) is 16.0. The quantitative estimate of drug-likeness (QED) is 0.545. The number of nitriles is 1. The summed E-state index contributed by atoms with van der Waals surface area (Å²) in [5.74, 6) is -3.08. The number of nitrogens with zero attached hydrogens (tertiary/aromatic N) is 3. The predicted molar refractivity (Wildman–Crippen MR) is 138 cm³/mol. The lowest BCUT2D eigenvalue weighted by atomic mass is 9.81. The number of nitrogens with one attached hydrogen (secondary N) is 1. The van der Waals surface area contributed by atoms with E-state index in [1.54, 1.807) is 67.5 Å². The lowest BCUT2D eigenvalue weighted by molar-refractivity contribution is -0.139. The van der Waals surface area contributed by atoms with E-state index in [0.29, 0.717) is 11.3 Å². The molecule has 37 heavy (non-hydrogen) atoms.